The predicted molar refractivity (Wildman–Crippen MR) is 61.0 cm³/mol. The van der Waals surface area contributed by atoms with E-state index in [1.165, 1.54) is 25.7 Å². The minimum atomic E-state index is 0.520. The van der Waals surface area contributed by atoms with Crippen LogP contribution in [0, 0.1) is 5.92 Å². The largest absolute Gasteiger partial charge is 0.383 e. The Morgan fingerprint density at radius 1 is 1.64 bits per heavy atom. The van der Waals surface area contributed by atoms with Gasteiger partial charge in [-0.2, -0.15) is 5.10 Å². The molecule has 4 heteroatoms. The van der Waals surface area contributed by atoms with Crippen molar-refractivity contribution in [2.75, 3.05) is 5.73 Å². The van der Waals surface area contributed by atoms with Crippen LogP contribution in [0.3, 0.4) is 0 Å². The molecule has 0 aromatic carbocycles. The molecule has 0 radical (unpaired) electrons. The summed E-state index contributed by atoms with van der Waals surface area (Å²) < 4.78 is 2.91. The fourth-order valence-electron chi connectivity index (χ4n) is 2.43. The standard InChI is InChI=1S/C10H16BrN3/c1-2-7-4-3-5-9(7)14-10(12)8(11)6-13-14/h6-7,9H,2-5,12H2,1H3. The Morgan fingerprint density at radius 3 is 3.00 bits per heavy atom. The summed E-state index contributed by atoms with van der Waals surface area (Å²) >= 11 is 3.40. The number of hydrogen-bond acceptors (Lipinski definition) is 2. The van der Waals surface area contributed by atoms with E-state index in [1.807, 2.05) is 4.68 Å². The molecular weight excluding hydrogens is 242 g/mol. The van der Waals surface area contributed by atoms with Crippen molar-refractivity contribution in [2.45, 2.75) is 38.6 Å². The molecule has 1 saturated carbocycles. The molecule has 0 aliphatic heterocycles. The zero-order valence-electron chi connectivity index (χ0n) is 8.41. The highest BCUT2D eigenvalue weighted by Crippen LogP contribution is 2.39. The van der Waals surface area contributed by atoms with Gasteiger partial charge in [-0.1, -0.05) is 19.8 Å². The fraction of sp³-hybridized carbons (Fsp3) is 0.700. The van der Waals surface area contributed by atoms with E-state index >= 15 is 0 Å². The molecule has 1 aliphatic carbocycles. The molecule has 0 spiro atoms. The highest BCUT2D eigenvalue weighted by molar-refractivity contribution is 9.10. The zero-order chi connectivity index (χ0) is 10.1. The number of hydrogen-bond donors (Lipinski definition) is 1. The van der Waals surface area contributed by atoms with Crippen LogP contribution in [0.4, 0.5) is 5.82 Å². The Morgan fingerprint density at radius 2 is 2.43 bits per heavy atom. The summed E-state index contributed by atoms with van der Waals surface area (Å²) in [6.45, 7) is 2.25. The van der Waals surface area contributed by atoms with Crippen LogP contribution in [0.15, 0.2) is 10.7 Å². The lowest BCUT2D eigenvalue weighted by Gasteiger charge is -2.19. The fourth-order valence-corrected chi connectivity index (χ4v) is 2.70. The van der Waals surface area contributed by atoms with Gasteiger partial charge >= 0.3 is 0 Å². The Bertz CT molecular complexity index is 321. The van der Waals surface area contributed by atoms with Gasteiger partial charge in [-0.3, -0.25) is 0 Å². The van der Waals surface area contributed by atoms with Crippen LogP contribution in [0.1, 0.15) is 38.6 Å². The van der Waals surface area contributed by atoms with Crippen molar-refractivity contribution >= 4 is 21.7 Å². The number of rotatable bonds is 2. The van der Waals surface area contributed by atoms with Crippen molar-refractivity contribution in [3.8, 4) is 0 Å². The van der Waals surface area contributed by atoms with Crippen molar-refractivity contribution in [2.24, 2.45) is 5.92 Å². The number of nitrogen functional groups attached to an aromatic ring is 1. The van der Waals surface area contributed by atoms with Gasteiger partial charge in [-0.05, 0) is 34.7 Å². The minimum absolute atomic E-state index is 0.520. The van der Waals surface area contributed by atoms with Gasteiger partial charge in [0.05, 0.1) is 16.7 Å². The zero-order valence-corrected chi connectivity index (χ0v) is 10.00. The first-order chi connectivity index (χ1) is 6.74. The Balaban J connectivity index is 2.26. The van der Waals surface area contributed by atoms with Gasteiger partial charge in [-0.15, -0.1) is 0 Å². The maximum atomic E-state index is 5.95. The summed E-state index contributed by atoms with van der Waals surface area (Å²) in [6, 6.07) is 0.520. The van der Waals surface area contributed by atoms with E-state index in [4.69, 9.17) is 5.73 Å². The molecule has 0 amide bonds. The van der Waals surface area contributed by atoms with E-state index < -0.39 is 0 Å². The SMILES string of the molecule is CCC1CCCC1n1ncc(Br)c1N. The average molecular weight is 258 g/mol. The molecule has 1 heterocycles. The van der Waals surface area contributed by atoms with E-state index in [9.17, 15) is 0 Å². The molecule has 14 heavy (non-hydrogen) atoms. The average Bonchev–Trinajstić information content (AvgIpc) is 2.75. The second kappa shape index (κ2) is 3.93. The van der Waals surface area contributed by atoms with Crippen LogP contribution in [-0.2, 0) is 0 Å². The lowest BCUT2D eigenvalue weighted by Crippen LogP contribution is -2.16. The maximum Gasteiger partial charge on any atom is 0.136 e. The first-order valence-electron chi connectivity index (χ1n) is 5.22. The normalized spacial score (nSPS) is 27.0. The third-order valence-electron chi connectivity index (χ3n) is 3.24. The third-order valence-corrected chi connectivity index (χ3v) is 3.86. The monoisotopic (exact) mass is 257 g/mol. The molecule has 1 aliphatic rings. The quantitative estimate of drug-likeness (QED) is 0.886. The minimum Gasteiger partial charge on any atom is -0.383 e. The van der Waals surface area contributed by atoms with Crippen molar-refractivity contribution in [1.29, 1.82) is 0 Å². The smallest absolute Gasteiger partial charge is 0.136 e. The van der Waals surface area contributed by atoms with Gasteiger partial charge in [0.2, 0.25) is 0 Å². The lowest BCUT2D eigenvalue weighted by atomic mass is 10.0. The molecule has 1 aromatic heterocycles. The van der Waals surface area contributed by atoms with Crippen molar-refractivity contribution in [3.05, 3.63) is 10.7 Å². The topological polar surface area (TPSA) is 43.8 Å². The third kappa shape index (κ3) is 1.56. The van der Waals surface area contributed by atoms with E-state index in [0.29, 0.717) is 6.04 Å². The summed E-state index contributed by atoms with van der Waals surface area (Å²) in [4.78, 5) is 0. The Kier molecular flexibility index (Phi) is 2.81. The summed E-state index contributed by atoms with van der Waals surface area (Å²) in [6.07, 6.45) is 6.86. The second-order valence-corrected chi connectivity index (χ2v) is 4.84. The lowest BCUT2D eigenvalue weighted by molar-refractivity contribution is 0.347. The predicted octanol–water partition coefficient (Wildman–Crippen LogP) is 2.98. The molecule has 2 atom stereocenters. The number of nitrogens with zero attached hydrogens (tertiary/aromatic N) is 2. The van der Waals surface area contributed by atoms with E-state index in [0.717, 1.165) is 16.2 Å². The van der Waals surface area contributed by atoms with E-state index in [1.54, 1.807) is 6.20 Å². The van der Waals surface area contributed by atoms with Gasteiger partial charge < -0.3 is 5.73 Å². The Hall–Kier alpha value is -0.510. The van der Waals surface area contributed by atoms with Crippen LogP contribution in [-0.4, -0.2) is 9.78 Å². The van der Waals surface area contributed by atoms with E-state index in [-0.39, 0.29) is 0 Å². The van der Waals surface area contributed by atoms with Crippen molar-refractivity contribution < 1.29 is 0 Å². The molecule has 2 rings (SSSR count). The van der Waals surface area contributed by atoms with Crippen molar-refractivity contribution in [3.63, 3.8) is 0 Å². The van der Waals surface area contributed by atoms with Gasteiger partial charge in [0, 0.05) is 0 Å². The molecule has 78 valence electrons. The number of nitrogens with two attached hydrogens (primary N) is 1. The highest BCUT2D eigenvalue weighted by atomic mass is 79.9. The molecule has 0 bridgehead atoms. The van der Waals surface area contributed by atoms with E-state index in [2.05, 4.69) is 28.0 Å². The highest BCUT2D eigenvalue weighted by Gasteiger charge is 2.29. The van der Waals surface area contributed by atoms with Gasteiger partial charge in [-0.25, -0.2) is 4.68 Å². The van der Waals surface area contributed by atoms with Crippen LogP contribution < -0.4 is 5.73 Å². The first-order valence-corrected chi connectivity index (χ1v) is 6.01. The summed E-state index contributed by atoms with van der Waals surface area (Å²) in [5.41, 5.74) is 5.95. The summed E-state index contributed by atoms with van der Waals surface area (Å²) in [7, 11) is 0. The molecule has 1 fully saturated rings. The van der Waals surface area contributed by atoms with Gasteiger partial charge in [0.1, 0.15) is 5.82 Å². The van der Waals surface area contributed by atoms with Crippen LogP contribution >= 0.6 is 15.9 Å². The number of halogens is 1. The number of anilines is 1. The number of aromatic nitrogens is 2. The molecule has 3 nitrogen and oxygen atoms in total. The molecule has 2 unspecified atom stereocenters. The molecule has 2 N–H and O–H groups in total. The summed E-state index contributed by atoms with van der Waals surface area (Å²) in [5.74, 6) is 1.53. The van der Waals surface area contributed by atoms with Crippen LogP contribution in [0.25, 0.3) is 0 Å². The van der Waals surface area contributed by atoms with Crippen LogP contribution in [0.2, 0.25) is 0 Å². The molecule has 0 saturated heterocycles. The Labute approximate surface area is 92.8 Å². The molecule has 1 aromatic rings. The van der Waals surface area contributed by atoms with Crippen LogP contribution in [0.5, 0.6) is 0 Å². The first kappa shape index (κ1) is 10.0. The second-order valence-electron chi connectivity index (χ2n) is 3.99. The molecular formula is C10H16BrN3. The van der Waals surface area contributed by atoms with Crippen molar-refractivity contribution in [1.82, 2.24) is 9.78 Å². The summed E-state index contributed by atoms with van der Waals surface area (Å²) in [5, 5.41) is 4.34. The van der Waals surface area contributed by atoms with Gasteiger partial charge in [0.25, 0.3) is 0 Å². The van der Waals surface area contributed by atoms with Gasteiger partial charge in [0.15, 0.2) is 0 Å². The maximum absolute atomic E-state index is 5.95.